The number of hydrogen-bond donors (Lipinski definition) is 2. The number of anilines is 1. The molecule has 2 aromatic heterocycles. The van der Waals surface area contributed by atoms with E-state index < -0.39 is 0 Å². The first kappa shape index (κ1) is 17.1. The third-order valence-electron chi connectivity index (χ3n) is 3.91. The van der Waals surface area contributed by atoms with Crippen LogP contribution >= 0.6 is 11.3 Å². The van der Waals surface area contributed by atoms with E-state index in [4.69, 9.17) is 0 Å². The summed E-state index contributed by atoms with van der Waals surface area (Å²) >= 11 is 1.47. The number of hydrogen-bond acceptors (Lipinski definition) is 4. The Morgan fingerprint density at radius 1 is 1.36 bits per heavy atom. The monoisotopic (exact) mass is 352 g/mol. The lowest BCUT2D eigenvalue weighted by Crippen LogP contribution is -2.28. The molecule has 2 N–H and O–H groups in total. The Balaban J connectivity index is 2.14. The van der Waals surface area contributed by atoms with Crippen LogP contribution in [0.2, 0.25) is 0 Å². The minimum absolute atomic E-state index is 0.241. The Bertz CT molecular complexity index is 931. The van der Waals surface area contributed by atoms with Crippen LogP contribution in [0.1, 0.15) is 26.3 Å². The Kier molecular flexibility index (Phi) is 5.09. The van der Waals surface area contributed by atoms with Crippen LogP contribution in [0.3, 0.4) is 0 Å². The predicted octanol–water partition coefficient (Wildman–Crippen LogP) is 4.92. The first-order valence-electron chi connectivity index (χ1n) is 8.15. The van der Waals surface area contributed by atoms with Crippen molar-refractivity contribution in [3.63, 3.8) is 0 Å². The lowest BCUT2D eigenvalue weighted by Gasteiger charge is -2.07. The number of benzene rings is 1. The molecule has 3 rings (SSSR count). The van der Waals surface area contributed by atoms with E-state index in [1.807, 2.05) is 32.2 Å². The molecule has 25 heavy (non-hydrogen) atoms. The van der Waals surface area contributed by atoms with E-state index in [-0.39, 0.29) is 6.03 Å². The number of fused-ring (bicyclic) bond motifs is 1. The van der Waals surface area contributed by atoms with Gasteiger partial charge >= 0.3 is 6.03 Å². The van der Waals surface area contributed by atoms with Gasteiger partial charge in [0.2, 0.25) is 0 Å². The molecule has 6 heteroatoms. The highest BCUT2D eigenvalue weighted by Crippen LogP contribution is 2.37. The molecule has 0 aliphatic heterocycles. The number of nitrogens with zero attached hydrogens (tertiary/aromatic N) is 2. The quantitative estimate of drug-likeness (QED) is 0.700. The van der Waals surface area contributed by atoms with Crippen molar-refractivity contribution in [2.45, 2.75) is 20.8 Å². The second kappa shape index (κ2) is 7.44. The van der Waals surface area contributed by atoms with Crippen LogP contribution in [0.4, 0.5) is 9.93 Å². The largest absolute Gasteiger partial charge is 0.338 e. The molecule has 5 nitrogen and oxygen atoms in total. The molecule has 0 saturated carbocycles. The van der Waals surface area contributed by atoms with Crippen molar-refractivity contribution in [1.82, 2.24) is 15.3 Å². The molecule has 2 amide bonds. The summed E-state index contributed by atoms with van der Waals surface area (Å²) < 4.78 is 1.03. The average Bonchev–Trinajstić information content (AvgIpc) is 3.03. The molecule has 0 spiro atoms. The summed E-state index contributed by atoms with van der Waals surface area (Å²) in [6.07, 6.45) is 5.69. The molecule has 3 aromatic rings. The molecular weight excluding hydrogens is 332 g/mol. The average molecular weight is 352 g/mol. The smallest absolute Gasteiger partial charge is 0.321 e. The number of allylic oxidation sites excluding steroid dienone is 2. The van der Waals surface area contributed by atoms with Gasteiger partial charge < -0.3 is 5.32 Å². The fourth-order valence-corrected chi connectivity index (χ4v) is 3.50. The Morgan fingerprint density at radius 3 is 2.88 bits per heavy atom. The van der Waals surface area contributed by atoms with Gasteiger partial charge in [0.1, 0.15) is 0 Å². The van der Waals surface area contributed by atoms with E-state index in [2.05, 4.69) is 45.7 Å². The Labute approximate surface area is 150 Å². The van der Waals surface area contributed by atoms with E-state index in [0.29, 0.717) is 11.7 Å². The number of aromatic nitrogens is 2. The molecule has 0 atom stereocenters. The van der Waals surface area contributed by atoms with Crippen LogP contribution in [-0.4, -0.2) is 22.5 Å². The molecule has 0 radical (unpaired) electrons. The van der Waals surface area contributed by atoms with Crippen molar-refractivity contribution in [2.75, 3.05) is 11.9 Å². The third-order valence-corrected chi connectivity index (χ3v) is 4.93. The second-order valence-corrected chi connectivity index (χ2v) is 6.59. The summed E-state index contributed by atoms with van der Waals surface area (Å²) in [5.41, 5.74) is 5.27. The van der Waals surface area contributed by atoms with Gasteiger partial charge in [0, 0.05) is 30.1 Å². The van der Waals surface area contributed by atoms with E-state index in [0.717, 1.165) is 26.9 Å². The van der Waals surface area contributed by atoms with Gasteiger partial charge in [0.05, 0.1) is 10.2 Å². The van der Waals surface area contributed by atoms with Gasteiger partial charge in [-0.15, -0.1) is 0 Å². The second-order valence-electron chi connectivity index (χ2n) is 5.59. The fourth-order valence-electron chi connectivity index (χ4n) is 2.52. The van der Waals surface area contributed by atoms with Crippen molar-refractivity contribution in [1.29, 1.82) is 0 Å². The van der Waals surface area contributed by atoms with Gasteiger partial charge in [0.25, 0.3) is 0 Å². The summed E-state index contributed by atoms with van der Waals surface area (Å²) in [4.78, 5) is 20.6. The number of urea groups is 1. The maximum absolute atomic E-state index is 11.8. The van der Waals surface area contributed by atoms with Crippen LogP contribution in [0.5, 0.6) is 0 Å². The molecule has 0 saturated heterocycles. The first-order chi connectivity index (χ1) is 12.1. The summed E-state index contributed by atoms with van der Waals surface area (Å²) in [5, 5.41) is 6.11. The summed E-state index contributed by atoms with van der Waals surface area (Å²) in [5.74, 6) is 0. The van der Waals surface area contributed by atoms with Gasteiger partial charge in [-0.3, -0.25) is 10.3 Å². The SMILES string of the molecule is C/C=C(\C)c1cc(-c2cccnc2)c2sc(NC(=O)NCC)nc2c1. The highest BCUT2D eigenvalue weighted by atomic mass is 32.1. The molecule has 0 fully saturated rings. The van der Waals surface area contributed by atoms with Crippen molar-refractivity contribution < 1.29 is 4.79 Å². The first-order valence-corrected chi connectivity index (χ1v) is 8.97. The Morgan fingerprint density at radius 2 is 2.20 bits per heavy atom. The molecule has 1 aromatic carbocycles. The van der Waals surface area contributed by atoms with Crippen LogP contribution in [0, 0.1) is 0 Å². The lowest BCUT2D eigenvalue weighted by atomic mass is 10.00. The minimum atomic E-state index is -0.241. The zero-order chi connectivity index (χ0) is 17.8. The fraction of sp³-hybridized carbons (Fsp3) is 0.211. The van der Waals surface area contributed by atoms with Crippen molar-refractivity contribution in [3.8, 4) is 11.1 Å². The van der Waals surface area contributed by atoms with Gasteiger partial charge in [-0.25, -0.2) is 9.78 Å². The summed E-state index contributed by atoms with van der Waals surface area (Å²) in [6.45, 7) is 6.55. The van der Waals surface area contributed by atoms with Gasteiger partial charge in [-0.2, -0.15) is 0 Å². The van der Waals surface area contributed by atoms with E-state index >= 15 is 0 Å². The maximum atomic E-state index is 11.8. The number of carbonyl (C=O) groups excluding carboxylic acids is 1. The van der Waals surface area contributed by atoms with Crippen LogP contribution in [0.25, 0.3) is 26.9 Å². The summed E-state index contributed by atoms with van der Waals surface area (Å²) in [7, 11) is 0. The van der Waals surface area contributed by atoms with Crippen LogP contribution in [-0.2, 0) is 0 Å². The van der Waals surface area contributed by atoms with E-state index in [1.54, 1.807) is 6.20 Å². The topological polar surface area (TPSA) is 66.9 Å². The third kappa shape index (κ3) is 3.69. The number of amides is 2. The van der Waals surface area contributed by atoms with Gasteiger partial charge in [0.15, 0.2) is 5.13 Å². The number of carbonyl (C=O) groups is 1. The minimum Gasteiger partial charge on any atom is -0.338 e. The van der Waals surface area contributed by atoms with Crippen molar-refractivity contribution in [2.24, 2.45) is 0 Å². The number of rotatable bonds is 4. The van der Waals surface area contributed by atoms with Crippen LogP contribution in [0.15, 0.2) is 42.7 Å². The number of pyridine rings is 1. The van der Waals surface area contributed by atoms with Gasteiger partial charge in [-0.05, 0) is 50.1 Å². The zero-order valence-electron chi connectivity index (χ0n) is 14.5. The van der Waals surface area contributed by atoms with E-state index in [9.17, 15) is 4.79 Å². The maximum Gasteiger partial charge on any atom is 0.321 e. The standard InChI is InChI=1S/C19H20N4OS/c1-4-12(3)14-9-15(13-7-6-8-20-11-13)17-16(10-14)22-19(25-17)23-18(24)21-5-2/h4,6-11H,5H2,1-3H3,(H2,21,22,23,24)/b12-4+. The van der Waals surface area contributed by atoms with E-state index in [1.165, 1.54) is 16.9 Å². The molecule has 128 valence electrons. The molecule has 0 bridgehead atoms. The molecule has 0 unspecified atom stereocenters. The summed E-state index contributed by atoms with van der Waals surface area (Å²) in [6, 6.07) is 7.93. The molecule has 2 heterocycles. The highest BCUT2D eigenvalue weighted by molar-refractivity contribution is 7.22. The zero-order valence-corrected chi connectivity index (χ0v) is 15.3. The highest BCUT2D eigenvalue weighted by Gasteiger charge is 2.14. The van der Waals surface area contributed by atoms with Gasteiger partial charge in [-0.1, -0.05) is 23.5 Å². The van der Waals surface area contributed by atoms with Crippen LogP contribution < -0.4 is 10.6 Å². The number of thiazole rings is 1. The lowest BCUT2D eigenvalue weighted by molar-refractivity contribution is 0.252. The van der Waals surface area contributed by atoms with Crippen molar-refractivity contribution in [3.05, 3.63) is 48.3 Å². The Hall–Kier alpha value is -2.73. The van der Waals surface area contributed by atoms with Crippen molar-refractivity contribution >= 4 is 38.3 Å². The predicted molar refractivity (Wildman–Crippen MR) is 105 cm³/mol. The molecular formula is C19H20N4OS. The number of nitrogens with one attached hydrogen (secondary N) is 2. The molecule has 0 aliphatic carbocycles. The molecule has 0 aliphatic rings. The normalized spacial score (nSPS) is 11.6.